The highest BCUT2D eigenvalue weighted by Crippen LogP contribution is 2.27. The van der Waals surface area contributed by atoms with Gasteiger partial charge in [0, 0.05) is 24.5 Å². The van der Waals surface area contributed by atoms with Crippen LogP contribution >= 0.6 is 11.6 Å². The molecule has 4 aromatic rings. The van der Waals surface area contributed by atoms with E-state index in [-0.39, 0.29) is 29.7 Å². The second kappa shape index (κ2) is 15.4. The normalized spacial score (nSPS) is 12.1. The minimum Gasteiger partial charge on any atom is -0.354 e. The summed E-state index contributed by atoms with van der Waals surface area (Å²) in [6, 6.07) is 24.9. The summed E-state index contributed by atoms with van der Waals surface area (Å²) in [5, 5.41) is 3.33. The zero-order valence-corrected chi connectivity index (χ0v) is 28.0. The monoisotopic (exact) mass is 663 g/mol. The lowest BCUT2D eigenvalue weighted by atomic mass is 10.0. The molecule has 0 aliphatic rings. The van der Waals surface area contributed by atoms with E-state index in [1.165, 1.54) is 41.3 Å². The molecule has 7 nitrogen and oxygen atoms in total. The summed E-state index contributed by atoms with van der Waals surface area (Å²) in [5.41, 5.74) is 3.52. The number of carbonyl (C=O) groups is 2. The van der Waals surface area contributed by atoms with E-state index in [4.69, 9.17) is 11.6 Å². The van der Waals surface area contributed by atoms with Crippen molar-refractivity contribution in [3.8, 4) is 0 Å². The van der Waals surface area contributed by atoms with Gasteiger partial charge in [0.25, 0.3) is 10.0 Å². The lowest BCUT2D eigenvalue weighted by Gasteiger charge is -2.34. The number of nitrogens with zero attached hydrogens (tertiary/aromatic N) is 2. The van der Waals surface area contributed by atoms with Crippen molar-refractivity contribution < 1.29 is 22.4 Å². The van der Waals surface area contributed by atoms with Crippen molar-refractivity contribution in [1.82, 2.24) is 10.2 Å². The van der Waals surface area contributed by atoms with Crippen molar-refractivity contribution in [2.45, 2.75) is 51.6 Å². The van der Waals surface area contributed by atoms with E-state index in [1.807, 2.05) is 58.0 Å². The number of amides is 2. The Morgan fingerprint density at radius 2 is 1.50 bits per heavy atom. The minimum absolute atomic E-state index is 0.0384. The maximum absolute atomic E-state index is 14.5. The Morgan fingerprint density at radius 3 is 2.11 bits per heavy atom. The lowest BCUT2D eigenvalue weighted by Crippen LogP contribution is -2.53. The molecule has 0 fully saturated rings. The van der Waals surface area contributed by atoms with Crippen LogP contribution in [0.5, 0.6) is 0 Å². The summed E-state index contributed by atoms with van der Waals surface area (Å²) >= 11 is 6.05. The van der Waals surface area contributed by atoms with E-state index in [9.17, 15) is 22.4 Å². The van der Waals surface area contributed by atoms with Crippen LogP contribution in [-0.2, 0) is 32.6 Å². The molecule has 1 atom stereocenters. The van der Waals surface area contributed by atoms with Gasteiger partial charge in [-0.2, -0.15) is 0 Å². The first kappa shape index (κ1) is 34.7. The molecule has 0 heterocycles. The Bertz CT molecular complexity index is 1750. The van der Waals surface area contributed by atoms with Gasteiger partial charge in [-0.05, 0) is 90.6 Å². The number of benzene rings is 4. The molecule has 242 valence electrons. The molecule has 4 rings (SSSR count). The second-order valence-electron chi connectivity index (χ2n) is 11.7. The Kier molecular flexibility index (Phi) is 11.6. The fraction of sp³-hybridized carbons (Fsp3) is 0.278. The highest BCUT2D eigenvalue weighted by molar-refractivity contribution is 7.92. The zero-order valence-electron chi connectivity index (χ0n) is 26.4. The third kappa shape index (κ3) is 8.95. The first-order valence-electron chi connectivity index (χ1n) is 15.1. The summed E-state index contributed by atoms with van der Waals surface area (Å²) in [6.07, 6.45) is 0.186. The molecule has 10 heteroatoms. The van der Waals surface area contributed by atoms with Gasteiger partial charge in [-0.1, -0.05) is 74.0 Å². The van der Waals surface area contributed by atoms with Crippen LogP contribution in [0.4, 0.5) is 10.1 Å². The molecule has 0 saturated carbocycles. The third-order valence-corrected chi connectivity index (χ3v) is 9.72. The highest BCUT2D eigenvalue weighted by atomic mass is 35.5. The van der Waals surface area contributed by atoms with Crippen LogP contribution in [0.1, 0.15) is 36.1 Å². The van der Waals surface area contributed by atoms with Crippen molar-refractivity contribution in [1.29, 1.82) is 0 Å². The smallest absolute Gasteiger partial charge is 0.264 e. The SMILES string of the molecule is Cc1ccc(N(CC(=O)N(Cc2ccc(F)cc2)[C@H](Cc2ccccc2)C(=O)NCC(C)C)S(=O)(=O)c2ccc(Cl)cc2)cc1C. The number of hydrogen-bond acceptors (Lipinski definition) is 4. The Balaban J connectivity index is 1.81. The molecule has 0 spiro atoms. The van der Waals surface area contributed by atoms with Crippen LogP contribution in [-0.4, -0.2) is 44.3 Å². The maximum atomic E-state index is 14.5. The van der Waals surface area contributed by atoms with E-state index in [1.54, 1.807) is 30.3 Å². The van der Waals surface area contributed by atoms with Crippen LogP contribution < -0.4 is 9.62 Å². The van der Waals surface area contributed by atoms with Crippen LogP contribution in [0.15, 0.2) is 102 Å². The highest BCUT2D eigenvalue weighted by Gasteiger charge is 2.34. The zero-order chi connectivity index (χ0) is 33.4. The van der Waals surface area contributed by atoms with Crippen LogP contribution in [0.2, 0.25) is 5.02 Å². The molecule has 2 amide bonds. The average molecular weight is 664 g/mol. The predicted octanol–water partition coefficient (Wildman–Crippen LogP) is 6.70. The quantitative estimate of drug-likeness (QED) is 0.172. The second-order valence-corrected chi connectivity index (χ2v) is 14.0. The summed E-state index contributed by atoms with van der Waals surface area (Å²) in [7, 11) is -4.26. The Hall–Kier alpha value is -4.21. The van der Waals surface area contributed by atoms with Gasteiger partial charge in [-0.15, -0.1) is 0 Å². The van der Waals surface area contributed by atoms with Crippen molar-refractivity contribution >= 4 is 39.1 Å². The van der Waals surface area contributed by atoms with Gasteiger partial charge in [0.2, 0.25) is 11.8 Å². The largest absolute Gasteiger partial charge is 0.354 e. The van der Waals surface area contributed by atoms with Gasteiger partial charge in [-0.3, -0.25) is 13.9 Å². The number of carbonyl (C=O) groups excluding carboxylic acids is 2. The van der Waals surface area contributed by atoms with Crippen molar-refractivity contribution in [2.24, 2.45) is 5.92 Å². The minimum atomic E-state index is -4.26. The van der Waals surface area contributed by atoms with Crippen LogP contribution in [0.3, 0.4) is 0 Å². The number of sulfonamides is 1. The van der Waals surface area contributed by atoms with E-state index in [0.29, 0.717) is 22.8 Å². The van der Waals surface area contributed by atoms with Gasteiger partial charge >= 0.3 is 0 Å². The molecule has 46 heavy (non-hydrogen) atoms. The molecule has 0 aliphatic carbocycles. The summed E-state index contributed by atoms with van der Waals surface area (Å²) < 4.78 is 43.2. The van der Waals surface area contributed by atoms with Crippen LogP contribution in [0, 0.1) is 25.6 Å². The molecule has 0 aliphatic heterocycles. The topological polar surface area (TPSA) is 86.8 Å². The number of nitrogens with one attached hydrogen (secondary N) is 1. The third-order valence-electron chi connectivity index (χ3n) is 7.68. The molecular formula is C36H39ClFN3O4S. The maximum Gasteiger partial charge on any atom is 0.264 e. The molecular weight excluding hydrogens is 625 g/mol. The fourth-order valence-electron chi connectivity index (χ4n) is 4.91. The summed E-state index contributed by atoms with van der Waals surface area (Å²) in [4.78, 5) is 29.7. The summed E-state index contributed by atoms with van der Waals surface area (Å²) in [6.45, 7) is 7.47. The Labute approximate surface area is 276 Å². The van der Waals surface area contributed by atoms with Gasteiger partial charge in [0.15, 0.2) is 0 Å². The predicted molar refractivity (Wildman–Crippen MR) is 181 cm³/mol. The molecule has 0 bridgehead atoms. The molecule has 4 aromatic carbocycles. The molecule has 0 aromatic heterocycles. The number of halogens is 2. The number of rotatable bonds is 13. The fourth-order valence-corrected chi connectivity index (χ4v) is 6.44. The van der Waals surface area contributed by atoms with Crippen molar-refractivity contribution in [3.63, 3.8) is 0 Å². The van der Waals surface area contributed by atoms with E-state index < -0.39 is 34.3 Å². The van der Waals surface area contributed by atoms with Gasteiger partial charge in [0.05, 0.1) is 10.6 Å². The first-order valence-corrected chi connectivity index (χ1v) is 16.9. The van der Waals surface area contributed by atoms with Gasteiger partial charge < -0.3 is 10.2 Å². The lowest BCUT2D eigenvalue weighted by molar-refractivity contribution is -0.140. The standard InChI is InChI=1S/C36H39ClFN3O4S/c1-25(2)22-39-36(43)34(21-28-8-6-5-7-9-28)40(23-29-11-15-31(38)16-12-29)35(42)24-41(32-17-10-26(3)27(4)20-32)46(44,45)33-18-13-30(37)14-19-33/h5-20,25,34H,21-24H2,1-4H3,(H,39,43)/t34-/m1/s1. The van der Waals surface area contributed by atoms with Gasteiger partial charge in [0.1, 0.15) is 18.4 Å². The number of aryl methyl sites for hydroxylation is 2. The van der Waals surface area contributed by atoms with Crippen LogP contribution in [0.25, 0.3) is 0 Å². The Morgan fingerprint density at radius 1 is 0.848 bits per heavy atom. The van der Waals surface area contributed by atoms with E-state index in [2.05, 4.69) is 5.32 Å². The average Bonchev–Trinajstić information content (AvgIpc) is 3.03. The molecule has 1 N–H and O–H groups in total. The summed E-state index contributed by atoms with van der Waals surface area (Å²) in [5.74, 6) is -1.24. The van der Waals surface area contributed by atoms with E-state index in [0.717, 1.165) is 21.0 Å². The number of anilines is 1. The van der Waals surface area contributed by atoms with Gasteiger partial charge in [-0.25, -0.2) is 12.8 Å². The molecule has 0 unspecified atom stereocenters. The molecule has 0 saturated heterocycles. The number of hydrogen-bond donors (Lipinski definition) is 1. The van der Waals surface area contributed by atoms with Crippen molar-refractivity contribution in [3.05, 3.63) is 130 Å². The molecule has 0 radical (unpaired) electrons. The van der Waals surface area contributed by atoms with E-state index >= 15 is 0 Å². The first-order chi connectivity index (χ1) is 21.8. The van der Waals surface area contributed by atoms with Crippen molar-refractivity contribution in [2.75, 3.05) is 17.4 Å².